The summed E-state index contributed by atoms with van der Waals surface area (Å²) in [6.07, 6.45) is 5.07. The van der Waals surface area contributed by atoms with Crippen molar-refractivity contribution in [3.05, 3.63) is 117 Å². The number of carbonyl (C=O) groups excluding carboxylic acids is 1. The first-order chi connectivity index (χ1) is 18.3. The fourth-order valence-electron chi connectivity index (χ4n) is 4.43. The summed E-state index contributed by atoms with van der Waals surface area (Å²) in [5.74, 6) is 5.89. The molecule has 1 amide bonds. The van der Waals surface area contributed by atoms with Crippen molar-refractivity contribution in [2.45, 2.75) is 26.8 Å². The zero-order chi connectivity index (χ0) is 26.8. The molecule has 0 radical (unpaired) electrons. The number of rotatable bonds is 4. The van der Waals surface area contributed by atoms with E-state index >= 15 is 0 Å². The van der Waals surface area contributed by atoms with E-state index in [1.165, 1.54) is 0 Å². The number of nitrogens with one attached hydrogen (secondary N) is 1. The molecule has 5 aromatic rings. The fourth-order valence-corrected chi connectivity index (χ4v) is 4.43. The van der Waals surface area contributed by atoms with E-state index < -0.39 is 6.04 Å². The third-order valence-corrected chi connectivity index (χ3v) is 6.21. The number of aryl methyl sites for hydroxylation is 3. The van der Waals surface area contributed by atoms with Crippen LogP contribution in [-0.2, 0) is 7.05 Å². The number of carbonyl (C=O) groups is 1. The molecule has 5 rings (SSSR count). The van der Waals surface area contributed by atoms with E-state index in [0.29, 0.717) is 28.0 Å². The van der Waals surface area contributed by atoms with Gasteiger partial charge in [-0.2, -0.15) is 5.10 Å². The Hall–Kier alpha value is -5.03. The van der Waals surface area contributed by atoms with Crippen LogP contribution in [0.3, 0.4) is 0 Å². The Morgan fingerprint density at radius 1 is 1.03 bits per heavy atom. The summed E-state index contributed by atoms with van der Waals surface area (Å²) < 4.78 is 3.32. The molecule has 0 aliphatic rings. The minimum Gasteiger partial charge on any atom is -0.343 e. The van der Waals surface area contributed by atoms with Crippen LogP contribution in [0.5, 0.6) is 0 Å². The maximum Gasteiger partial charge on any atom is 0.272 e. The molecule has 0 spiro atoms. The first kappa shape index (κ1) is 24.7. The molecule has 0 aliphatic heterocycles. The minimum atomic E-state index is -0.507. The van der Waals surface area contributed by atoms with Crippen LogP contribution in [0.15, 0.2) is 78.0 Å². The molecule has 8 nitrogen and oxygen atoms in total. The van der Waals surface area contributed by atoms with E-state index in [2.05, 4.69) is 32.2 Å². The Morgan fingerprint density at radius 2 is 1.82 bits per heavy atom. The first-order valence-electron chi connectivity index (χ1n) is 12.2. The number of aromatic nitrogens is 5. The average molecular weight is 503 g/mol. The number of hydrogen-bond donors (Lipinski definition) is 1. The van der Waals surface area contributed by atoms with Gasteiger partial charge in [-0.15, -0.1) is 0 Å². The predicted molar refractivity (Wildman–Crippen MR) is 146 cm³/mol. The molecule has 1 atom stereocenters. The molecular weight excluding hydrogens is 476 g/mol. The van der Waals surface area contributed by atoms with Gasteiger partial charge >= 0.3 is 0 Å². The van der Waals surface area contributed by atoms with Crippen molar-refractivity contribution in [3.8, 4) is 17.5 Å². The topological polar surface area (TPSA) is 94.7 Å². The normalized spacial score (nSPS) is 11.6. The van der Waals surface area contributed by atoms with E-state index in [1.807, 2.05) is 81.7 Å². The summed E-state index contributed by atoms with van der Waals surface area (Å²) in [5.41, 5.74) is 4.03. The lowest BCUT2D eigenvalue weighted by Crippen LogP contribution is -2.33. The van der Waals surface area contributed by atoms with Gasteiger partial charge in [0.1, 0.15) is 5.69 Å². The maximum absolute atomic E-state index is 14.1. The lowest BCUT2D eigenvalue weighted by Gasteiger charge is -2.21. The van der Waals surface area contributed by atoms with Gasteiger partial charge in [0.05, 0.1) is 34.6 Å². The van der Waals surface area contributed by atoms with Crippen LogP contribution < -0.4 is 10.9 Å². The second-order valence-corrected chi connectivity index (χ2v) is 9.11. The molecular formula is C30H26N6O2. The van der Waals surface area contributed by atoms with E-state index in [1.54, 1.807) is 28.6 Å². The summed E-state index contributed by atoms with van der Waals surface area (Å²) in [6.45, 7) is 5.43. The van der Waals surface area contributed by atoms with Crippen LogP contribution in [0.4, 0.5) is 0 Å². The van der Waals surface area contributed by atoms with Crippen molar-refractivity contribution in [1.82, 2.24) is 29.6 Å². The van der Waals surface area contributed by atoms with Crippen molar-refractivity contribution in [2.24, 2.45) is 7.05 Å². The lowest BCUT2D eigenvalue weighted by molar-refractivity contribution is 0.0932. The number of fused-ring (bicyclic) bond motifs is 1. The molecule has 188 valence electrons. The SMILES string of the molecule is Cc1cnc(C(=O)N[C@@H](C)c2cc3cccc(C#Cc4cnn(C)c4)c3c(=O)n2-c2ccccc2)c(C)n1. The maximum atomic E-state index is 14.1. The second-order valence-electron chi connectivity index (χ2n) is 9.11. The minimum absolute atomic E-state index is 0.216. The molecule has 8 heteroatoms. The van der Waals surface area contributed by atoms with Crippen molar-refractivity contribution in [1.29, 1.82) is 0 Å². The number of para-hydroxylation sites is 1. The molecule has 3 heterocycles. The molecule has 0 bridgehead atoms. The Morgan fingerprint density at radius 3 is 2.53 bits per heavy atom. The van der Waals surface area contributed by atoms with Gasteiger partial charge in [0.25, 0.3) is 11.5 Å². The Labute approximate surface area is 220 Å². The highest BCUT2D eigenvalue weighted by Crippen LogP contribution is 2.23. The molecule has 0 saturated carbocycles. The van der Waals surface area contributed by atoms with Crippen molar-refractivity contribution in [2.75, 3.05) is 0 Å². The molecule has 0 aliphatic carbocycles. The van der Waals surface area contributed by atoms with Crippen molar-refractivity contribution in [3.63, 3.8) is 0 Å². The van der Waals surface area contributed by atoms with Crippen molar-refractivity contribution < 1.29 is 4.79 Å². The van der Waals surface area contributed by atoms with Crippen molar-refractivity contribution >= 4 is 16.7 Å². The Kier molecular flexibility index (Phi) is 6.58. The van der Waals surface area contributed by atoms with E-state index in [0.717, 1.165) is 16.6 Å². The van der Waals surface area contributed by atoms with Crippen LogP contribution in [0.2, 0.25) is 0 Å². The van der Waals surface area contributed by atoms with E-state index in [-0.39, 0.29) is 17.2 Å². The van der Waals surface area contributed by atoms with Gasteiger partial charge in [0, 0.05) is 36.4 Å². The van der Waals surface area contributed by atoms with Gasteiger partial charge in [0.15, 0.2) is 0 Å². The van der Waals surface area contributed by atoms with Gasteiger partial charge < -0.3 is 5.32 Å². The Bertz CT molecular complexity index is 1790. The third-order valence-electron chi connectivity index (χ3n) is 6.21. The number of benzene rings is 2. The predicted octanol–water partition coefficient (Wildman–Crippen LogP) is 4.02. The largest absolute Gasteiger partial charge is 0.343 e. The number of pyridine rings is 1. The summed E-state index contributed by atoms with van der Waals surface area (Å²) in [4.78, 5) is 35.8. The zero-order valence-corrected chi connectivity index (χ0v) is 21.6. The number of nitrogens with zero attached hydrogens (tertiary/aromatic N) is 5. The van der Waals surface area contributed by atoms with E-state index in [9.17, 15) is 9.59 Å². The number of amides is 1. The van der Waals surface area contributed by atoms with Gasteiger partial charge in [-0.25, -0.2) is 4.98 Å². The molecule has 0 unspecified atom stereocenters. The summed E-state index contributed by atoms with van der Waals surface area (Å²) >= 11 is 0. The standard InChI is InChI=1S/C30H26N6O2/c1-19-16-31-28(21(3)33-19)29(37)34-20(2)26-15-24-10-8-9-23(14-13-22-17-32-35(4)18-22)27(24)30(38)36(26)25-11-6-5-7-12-25/h5-12,15-18,20H,1-4H3,(H,34,37)/t20-/m0/s1. The van der Waals surface area contributed by atoms with Gasteiger partial charge in [-0.1, -0.05) is 42.2 Å². The quantitative estimate of drug-likeness (QED) is 0.375. The van der Waals surface area contributed by atoms with Gasteiger partial charge in [0.2, 0.25) is 0 Å². The number of hydrogen-bond acceptors (Lipinski definition) is 5. The lowest BCUT2D eigenvalue weighted by atomic mass is 10.0. The summed E-state index contributed by atoms with van der Waals surface area (Å²) in [7, 11) is 1.83. The van der Waals surface area contributed by atoms with Crippen LogP contribution >= 0.6 is 0 Å². The highest BCUT2D eigenvalue weighted by molar-refractivity contribution is 5.93. The van der Waals surface area contributed by atoms with Crippen LogP contribution in [-0.4, -0.2) is 30.2 Å². The molecule has 0 saturated heterocycles. The Balaban J connectivity index is 1.64. The zero-order valence-electron chi connectivity index (χ0n) is 21.6. The molecule has 2 aromatic carbocycles. The first-order valence-corrected chi connectivity index (χ1v) is 12.2. The van der Waals surface area contributed by atoms with Crippen LogP contribution in [0.1, 0.15) is 51.7 Å². The van der Waals surface area contributed by atoms with Gasteiger partial charge in [-0.05, 0) is 50.4 Å². The smallest absolute Gasteiger partial charge is 0.272 e. The third kappa shape index (κ3) is 4.82. The summed E-state index contributed by atoms with van der Waals surface area (Å²) in [6, 6.07) is 16.4. The van der Waals surface area contributed by atoms with Gasteiger partial charge in [-0.3, -0.25) is 23.8 Å². The summed E-state index contributed by atoms with van der Waals surface area (Å²) in [5, 5.41) is 8.40. The second kappa shape index (κ2) is 10.1. The highest BCUT2D eigenvalue weighted by Gasteiger charge is 2.21. The fraction of sp³-hybridized carbons (Fsp3) is 0.167. The molecule has 0 fully saturated rings. The molecule has 1 N–H and O–H groups in total. The van der Waals surface area contributed by atoms with E-state index in [4.69, 9.17) is 0 Å². The molecule has 38 heavy (non-hydrogen) atoms. The van der Waals surface area contributed by atoms with Crippen LogP contribution in [0, 0.1) is 25.7 Å². The van der Waals surface area contributed by atoms with Crippen LogP contribution in [0.25, 0.3) is 16.5 Å². The monoisotopic (exact) mass is 502 g/mol. The molecule has 3 aromatic heterocycles. The highest BCUT2D eigenvalue weighted by atomic mass is 16.2. The average Bonchev–Trinajstić information content (AvgIpc) is 3.32.